The second-order valence-corrected chi connectivity index (χ2v) is 5.62. The fraction of sp³-hybridized carbons (Fsp3) is 0.533. The highest BCUT2D eigenvalue weighted by Gasteiger charge is 2.38. The van der Waals surface area contributed by atoms with E-state index >= 15 is 0 Å². The van der Waals surface area contributed by atoms with Crippen LogP contribution in [0.3, 0.4) is 0 Å². The zero-order valence-corrected chi connectivity index (χ0v) is 10.9. The molecule has 0 amide bonds. The van der Waals surface area contributed by atoms with Gasteiger partial charge in [0, 0.05) is 36.8 Å². The Morgan fingerprint density at radius 1 is 1.44 bits per heavy atom. The van der Waals surface area contributed by atoms with Crippen LogP contribution in [0.5, 0.6) is 0 Å². The highest BCUT2D eigenvalue weighted by Crippen LogP contribution is 2.38. The Morgan fingerprint density at radius 2 is 2.28 bits per heavy atom. The number of nitrogens with zero attached hydrogens (tertiary/aromatic N) is 2. The summed E-state index contributed by atoms with van der Waals surface area (Å²) in [6.07, 6.45) is 4.24. The van der Waals surface area contributed by atoms with E-state index in [0.29, 0.717) is 17.9 Å². The molecule has 1 saturated heterocycles. The van der Waals surface area contributed by atoms with E-state index in [1.54, 1.807) is 6.07 Å². The van der Waals surface area contributed by atoms with Crippen molar-refractivity contribution in [1.82, 2.24) is 9.47 Å². The molecule has 0 radical (unpaired) electrons. The molecule has 0 unspecified atom stereocenters. The molecular weight excluding hydrogens is 224 g/mol. The van der Waals surface area contributed by atoms with Crippen LogP contribution in [0, 0.1) is 5.92 Å². The standard InChI is InChI=1S/C15H20N2O/c1-3-5-13-12-8-11(9-16(13)2)14-6-4-7-15(18)17(14)10-12/h3-4,6-7,11-13H,1,5,8-10H2,2H3/t11-,12+,13-/m1/s1. The van der Waals surface area contributed by atoms with Crippen LogP contribution in [-0.4, -0.2) is 29.1 Å². The molecule has 2 aliphatic rings. The van der Waals surface area contributed by atoms with Gasteiger partial charge in [0.25, 0.3) is 5.56 Å². The van der Waals surface area contributed by atoms with Gasteiger partial charge in [0.15, 0.2) is 0 Å². The smallest absolute Gasteiger partial charge is 0.250 e. The zero-order chi connectivity index (χ0) is 12.7. The topological polar surface area (TPSA) is 25.2 Å². The van der Waals surface area contributed by atoms with E-state index in [1.165, 1.54) is 12.1 Å². The molecule has 0 saturated carbocycles. The van der Waals surface area contributed by atoms with E-state index in [1.807, 2.05) is 16.7 Å². The van der Waals surface area contributed by atoms with Crippen LogP contribution in [0.1, 0.15) is 24.5 Å². The average Bonchev–Trinajstić information content (AvgIpc) is 2.35. The molecule has 0 aromatic carbocycles. The van der Waals surface area contributed by atoms with E-state index in [0.717, 1.165) is 19.5 Å². The largest absolute Gasteiger partial charge is 0.312 e. The van der Waals surface area contributed by atoms with Crippen molar-refractivity contribution < 1.29 is 0 Å². The van der Waals surface area contributed by atoms with E-state index in [2.05, 4.69) is 24.6 Å². The minimum Gasteiger partial charge on any atom is -0.312 e. The number of aromatic nitrogens is 1. The first-order valence-corrected chi connectivity index (χ1v) is 6.71. The summed E-state index contributed by atoms with van der Waals surface area (Å²) in [5.41, 5.74) is 1.38. The summed E-state index contributed by atoms with van der Waals surface area (Å²) in [6.45, 7) is 5.79. The van der Waals surface area contributed by atoms with Crippen LogP contribution in [0.2, 0.25) is 0 Å². The average molecular weight is 244 g/mol. The second kappa shape index (κ2) is 4.39. The van der Waals surface area contributed by atoms with Crippen LogP contribution in [0.25, 0.3) is 0 Å². The summed E-state index contributed by atoms with van der Waals surface area (Å²) in [4.78, 5) is 14.4. The fourth-order valence-corrected chi connectivity index (χ4v) is 3.72. The number of likely N-dealkylation sites (N-methyl/N-ethyl adjacent to an activating group) is 1. The maximum Gasteiger partial charge on any atom is 0.250 e. The van der Waals surface area contributed by atoms with Crippen molar-refractivity contribution in [2.24, 2.45) is 5.92 Å². The Labute approximate surface area is 108 Å². The molecular formula is C15H20N2O. The summed E-state index contributed by atoms with van der Waals surface area (Å²) in [5, 5.41) is 0. The highest BCUT2D eigenvalue weighted by atomic mass is 16.1. The monoisotopic (exact) mass is 244 g/mol. The first kappa shape index (κ1) is 11.7. The zero-order valence-electron chi connectivity index (χ0n) is 10.9. The molecule has 3 heteroatoms. The molecule has 0 aliphatic carbocycles. The summed E-state index contributed by atoms with van der Waals surface area (Å²) < 4.78 is 1.99. The Bertz CT molecular complexity index is 519. The molecule has 3 heterocycles. The molecule has 3 rings (SSSR count). The quantitative estimate of drug-likeness (QED) is 0.742. The lowest BCUT2D eigenvalue weighted by molar-refractivity contribution is 0.0739. The Balaban J connectivity index is 2.00. The lowest BCUT2D eigenvalue weighted by atomic mass is 9.77. The van der Waals surface area contributed by atoms with Crippen molar-refractivity contribution >= 4 is 0 Å². The van der Waals surface area contributed by atoms with Crippen LogP contribution in [0.15, 0.2) is 35.6 Å². The van der Waals surface area contributed by atoms with Gasteiger partial charge in [0.1, 0.15) is 0 Å². The van der Waals surface area contributed by atoms with Gasteiger partial charge in [0.2, 0.25) is 0 Å². The van der Waals surface area contributed by atoms with Gasteiger partial charge < -0.3 is 9.47 Å². The van der Waals surface area contributed by atoms with Gasteiger partial charge in [-0.2, -0.15) is 0 Å². The molecule has 1 aromatic heterocycles. The first-order chi connectivity index (χ1) is 8.70. The molecule has 0 N–H and O–H groups in total. The van der Waals surface area contributed by atoms with Gasteiger partial charge in [-0.05, 0) is 31.9 Å². The molecule has 2 aliphatic heterocycles. The third-order valence-corrected chi connectivity index (χ3v) is 4.53. The molecule has 1 fully saturated rings. The van der Waals surface area contributed by atoms with Gasteiger partial charge in [0.05, 0.1) is 0 Å². The van der Waals surface area contributed by atoms with Gasteiger partial charge in [-0.25, -0.2) is 0 Å². The van der Waals surface area contributed by atoms with E-state index in [4.69, 9.17) is 0 Å². The predicted molar refractivity (Wildman–Crippen MR) is 72.8 cm³/mol. The number of fused-ring (bicyclic) bond motifs is 4. The van der Waals surface area contributed by atoms with Gasteiger partial charge in [-0.15, -0.1) is 6.58 Å². The number of hydrogen-bond acceptors (Lipinski definition) is 2. The van der Waals surface area contributed by atoms with Crippen LogP contribution < -0.4 is 5.56 Å². The summed E-state index contributed by atoms with van der Waals surface area (Å²) in [7, 11) is 2.20. The van der Waals surface area contributed by atoms with E-state index in [-0.39, 0.29) is 5.56 Å². The summed E-state index contributed by atoms with van der Waals surface area (Å²) in [5.74, 6) is 1.10. The van der Waals surface area contributed by atoms with Crippen molar-refractivity contribution in [3.05, 3.63) is 46.9 Å². The SMILES string of the molecule is C=CC[C@@H]1[C@H]2C[C@H](CN1C)c1cccc(=O)n1C2. The van der Waals surface area contributed by atoms with Gasteiger partial charge in [-0.1, -0.05) is 12.1 Å². The number of hydrogen-bond donors (Lipinski definition) is 0. The van der Waals surface area contributed by atoms with Gasteiger partial charge >= 0.3 is 0 Å². The Kier molecular flexibility index (Phi) is 2.86. The predicted octanol–water partition coefficient (Wildman–Crippen LogP) is 1.84. The minimum absolute atomic E-state index is 0.157. The molecule has 3 nitrogen and oxygen atoms in total. The normalized spacial score (nSPS) is 30.8. The number of likely N-dealkylation sites (tertiary alicyclic amines) is 1. The summed E-state index contributed by atoms with van der Waals surface area (Å²) >= 11 is 0. The molecule has 1 aromatic rings. The third-order valence-electron chi connectivity index (χ3n) is 4.53. The van der Waals surface area contributed by atoms with Crippen molar-refractivity contribution in [3.8, 4) is 0 Å². The third kappa shape index (κ3) is 1.74. The van der Waals surface area contributed by atoms with Crippen molar-refractivity contribution in [3.63, 3.8) is 0 Å². The second-order valence-electron chi connectivity index (χ2n) is 5.62. The fourth-order valence-electron chi connectivity index (χ4n) is 3.72. The molecule has 96 valence electrons. The molecule has 18 heavy (non-hydrogen) atoms. The lowest BCUT2D eigenvalue weighted by Gasteiger charge is -2.47. The van der Waals surface area contributed by atoms with Crippen molar-refractivity contribution in [1.29, 1.82) is 0 Å². The number of piperidine rings is 1. The number of pyridine rings is 1. The van der Waals surface area contributed by atoms with Crippen LogP contribution >= 0.6 is 0 Å². The molecule has 3 atom stereocenters. The van der Waals surface area contributed by atoms with E-state index in [9.17, 15) is 4.79 Å². The van der Waals surface area contributed by atoms with Crippen molar-refractivity contribution in [2.45, 2.75) is 31.3 Å². The molecule has 2 bridgehead atoms. The highest BCUT2D eigenvalue weighted by molar-refractivity contribution is 5.17. The van der Waals surface area contributed by atoms with Crippen molar-refractivity contribution in [2.75, 3.05) is 13.6 Å². The Morgan fingerprint density at radius 3 is 3.06 bits per heavy atom. The maximum atomic E-state index is 12.0. The van der Waals surface area contributed by atoms with Crippen LogP contribution in [0.4, 0.5) is 0 Å². The maximum absolute atomic E-state index is 12.0. The first-order valence-electron chi connectivity index (χ1n) is 6.71. The Hall–Kier alpha value is -1.35. The number of rotatable bonds is 2. The van der Waals surface area contributed by atoms with Crippen LogP contribution in [-0.2, 0) is 6.54 Å². The van der Waals surface area contributed by atoms with E-state index < -0.39 is 0 Å². The minimum atomic E-state index is 0.157. The lowest BCUT2D eigenvalue weighted by Crippen LogP contribution is -2.51. The molecule has 0 spiro atoms. The summed E-state index contributed by atoms with van der Waals surface area (Å²) in [6, 6.07) is 6.23. The van der Waals surface area contributed by atoms with Gasteiger partial charge in [-0.3, -0.25) is 4.79 Å².